The summed E-state index contributed by atoms with van der Waals surface area (Å²) < 4.78 is 37.6. The molecule has 2 nitrogen and oxygen atoms in total. The summed E-state index contributed by atoms with van der Waals surface area (Å²) in [7, 11) is 1.87. The van der Waals surface area contributed by atoms with E-state index in [0.29, 0.717) is 12.6 Å². The van der Waals surface area contributed by atoms with Crippen LogP contribution in [-0.4, -0.2) is 19.6 Å². The second kappa shape index (κ2) is 4.66. The maximum Gasteiger partial charge on any atom is 0.416 e. The van der Waals surface area contributed by atoms with Gasteiger partial charge in [-0.2, -0.15) is 13.2 Å². The Kier molecular flexibility index (Phi) is 3.40. The zero-order valence-corrected chi connectivity index (χ0v) is 9.56. The smallest absolute Gasteiger partial charge is 0.318 e. The fourth-order valence-electron chi connectivity index (χ4n) is 2.15. The van der Waals surface area contributed by atoms with Crippen LogP contribution in [0.25, 0.3) is 0 Å². The number of nitrogens with one attached hydrogen (secondary N) is 2. The van der Waals surface area contributed by atoms with Gasteiger partial charge in [-0.15, -0.1) is 0 Å². The van der Waals surface area contributed by atoms with E-state index in [9.17, 15) is 13.2 Å². The van der Waals surface area contributed by atoms with E-state index in [-0.39, 0.29) is 0 Å². The van der Waals surface area contributed by atoms with Crippen molar-refractivity contribution in [2.24, 2.45) is 0 Å². The average Bonchev–Trinajstić information content (AvgIpc) is 2.27. The minimum atomic E-state index is -4.25. The average molecular weight is 244 g/mol. The highest BCUT2D eigenvalue weighted by atomic mass is 19.4. The van der Waals surface area contributed by atoms with Crippen molar-refractivity contribution < 1.29 is 13.2 Å². The van der Waals surface area contributed by atoms with E-state index in [1.165, 1.54) is 12.1 Å². The molecule has 17 heavy (non-hydrogen) atoms. The maximum absolute atomic E-state index is 12.5. The van der Waals surface area contributed by atoms with E-state index in [1.807, 2.05) is 7.05 Å². The number of halogens is 3. The van der Waals surface area contributed by atoms with Gasteiger partial charge in [-0.05, 0) is 36.7 Å². The quantitative estimate of drug-likeness (QED) is 0.830. The molecule has 5 heteroatoms. The van der Waals surface area contributed by atoms with Crippen LogP contribution in [0.5, 0.6) is 0 Å². The first kappa shape index (κ1) is 12.4. The minimum Gasteiger partial charge on any atom is -0.318 e. The van der Waals surface area contributed by atoms with Gasteiger partial charge < -0.3 is 10.6 Å². The largest absolute Gasteiger partial charge is 0.416 e. The number of rotatable bonds is 2. The lowest BCUT2D eigenvalue weighted by atomic mass is 9.94. The summed E-state index contributed by atoms with van der Waals surface area (Å²) >= 11 is 0. The molecule has 2 rings (SSSR count). The zero-order chi connectivity index (χ0) is 12.5. The minimum absolute atomic E-state index is 0.296. The van der Waals surface area contributed by atoms with Gasteiger partial charge in [0, 0.05) is 19.1 Å². The lowest BCUT2D eigenvalue weighted by molar-refractivity contribution is -0.137. The normalized spacial score (nSPS) is 20.1. The van der Waals surface area contributed by atoms with Crippen LogP contribution in [0.15, 0.2) is 18.2 Å². The SMILES string of the molecule is CNCC1Cc2ccc(C(F)(F)F)cc2CN1. The van der Waals surface area contributed by atoms with Crippen molar-refractivity contribution in [1.29, 1.82) is 0 Å². The number of likely N-dealkylation sites (N-methyl/N-ethyl adjacent to an activating group) is 1. The number of alkyl halides is 3. The third-order valence-electron chi connectivity index (χ3n) is 3.03. The summed E-state index contributed by atoms with van der Waals surface area (Å²) in [6, 6.07) is 4.31. The molecule has 1 unspecified atom stereocenters. The summed E-state index contributed by atoms with van der Waals surface area (Å²) in [4.78, 5) is 0. The monoisotopic (exact) mass is 244 g/mol. The summed E-state index contributed by atoms with van der Waals surface area (Å²) in [5.74, 6) is 0. The lowest BCUT2D eigenvalue weighted by Gasteiger charge is -2.26. The highest BCUT2D eigenvalue weighted by molar-refractivity contribution is 5.35. The Bertz CT molecular complexity index is 401. The number of hydrogen-bond donors (Lipinski definition) is 2. The van der Waals surface area contributed by atoms with Crippen molar-refractivity contribution in [1.82, 2.24) is 10.6 Å². The van der Waals surface area contributed by atoms with Gasteiger partial charge >= 0.3 is 6.18 Å². The van der Waals surface area contributed by atoms with Gasteiger partial charge in [-0.3, -0.25) is 0 Å². The summed E-state index contributed by atoms with van der Waals surface area (Å²) in [6.07, 6.45) is -3.48. The topological polar surface area (TPSA) is 24.1 Å². The van der Waals surface area contributed by atoms with Gasteiger partial charge in [-0.25, -0.2) is 0 Å². The van der Waals surface area contributed by atoms with Crippen LogP contribution in [0.2, 0.25) is 0 Å². The van der Waals surface area contributed by atoms with Gasteiger partial charge in [0.25, 0.3) is 0 Å². The predicted molar refractivity (Wildman–Crippen MR) is 59.7 cm³/mol. The molecule has 0 aromatic heterocycles. The molecule has 2 N–H and O–H groups in total. The Labute approximate surface area is 98.2 Å². The summed E-state index contributed by atoms with van der Waals surface area (Å²) in [5, 5.41) is 6.29. The summed E-state index contributed by atoms with van der Waals surface area (Å²) in [5.41, 5.74) is 1.20. The van der Waals surface area contributed by atoms with Crippen molar-refractivity contribution in [3.8, 4) is 0 Å². The van der Waals surface area contributed by atoms with E-state index in [0.717, 1.165) is 24.1 Å². The molecule has 1 atom stereocenters. The van der Waals surface area contributed by atoms with Gasteiger partial charge in [0.2, 0.25) is 0 Å². The maximum atomic E-state index is 12.5. The van der Waals surface area contributed by atoms with Crippen LogP contribution in [0.3, 0.4) is 0 Å². The van der Waals surface area contributed by atoms with Crippen molar-refractivity contribution in [3.63, 3.8) is 0 Å². The molecule has 0 bridgehead atoms. The van der Waals surface area contributed by atoms with Crippen LogP contribution in [0.1, 0.15) is 16.7 Å². The molecule has 0 fully saturated rings. The van der Waals surface area contributed by atoms with Crippen LogP contribution in [0, 0.1) is 0 Å². The Morgan fingerprint density at radius 2 is 2.12 bits per heavy atom. The first-order valence-corrected chi connectivity index (χ1v) is 5.57. The molecule has 1 aliphatic heterocycles. The van der Waals surface area contributed by atoms with Gasteiger partial charge in [0.1, 0.15) is 0 Å². The van der Waals surface area contributed by atoms with E-state index in [2.05, 4.69) is 10.6 Å². The van der Waals surface area contributed by atoms with Gasteiger partial charge in [-0.1, -0.05) is 6.07 Å². The molecule has 0 saturated carbocycles. The number of hydrogen-bond acceptors (Lipinski definition) is 2. The standard InChI is InChI=1S/C12H15F3N2/c1-16-7-11-5-8-2-3-10(12(13,14)15)4-9(8)6-17-11/h2-4,11,16-17H,5-7H2,1H3. The number of benzene rings is 1. The fourth-order valence-corrected chi connectivity index (χ4v) is 2.15. The lowest BCUT2D eigenvalue weighted by Crippen LogP contribution is -2.42. The highest BCUT2D eigenvalue weighted by Gasteiger charge is 2.31. The second-order valence-corrected chi connectivity index (χ2v) is 4.32. The predicted octanol–water partition coefficient (Wildman–Crippen LogP) is 1.94. The number of fused-ring (bicyclic) bond motifs is 1. The molecule has 1 aromatic carbocycles. The van der Waals surface area contributed by atoms with Crippen molar-refractivity contribution in [3.05, 3.63) is 34.9 Å². The Morgan fingerprint density at radius 1 is 1.35 bits per heavy atom. The molecule has 0 aliphatic carbocycles. The molecule has 0 spiro atoms. The first-order chi connectivity index (χ1) is 8.00. The Hall–Kier alpha value is -1.07. The van der Waals surface area contributed by atoms with Crippen molar-refractivity contribution in [2.75, 3.05) is 13.6 Å². The fraction of sp³-hybridized carbons (Fsp3) is 0.500. The zero-order valence-electron chi connectivity index (χ0n) is 9.56. The molecular formula is C12H15F3N2. The first-order valence-electron chi connectivity index (χ1n) is 5.57. The Morgan fingerprint density at radius 3 is 2.76 bits per heavy atom. The van der Waals surface area contributed by atoms with Crippen LogP contribution in [-0.2, 0) is 19.1 Å². The van der Waals surface area contributed by atoms with Crippen LogP contribution >= 0.6 is 0 Å². The third kappa shape index (κ3) is 2.79. The van der Waals surface area contributed by atoms with Gasteiger partial charge in [0.15, 0.2) is 0 Å². The van der Waals surface area contributed by atoms with E-state index in [4.69, 9.17) is 0 Å². The molecular weight excluding hydrogens is 229 g/mol. The molecule has 0 radical (unpaired) electrons. The van der Waals surface area contributed by atoms with E-state index in [1.54, 1.807) is 6.07 Å². The van der Waals surface area contributed by atoms with Crippen LogP contribution in [0.4, 0.5) is 13.2 Å². The highest BCUT2D eigenvalue weighted by Crippen LogP contribution is 2.31. The molecule has 1 aliphatic rings. The molecule has 94 valence electrons. The molecule has 0 saturated heterocycles. The van der Waals surface area contributed by atoms with Crippen molar-refractivity contribution in [2.45, 2.75) is 25.2 Å². The molecule has 1 heterocycles. The van der Waals surface area contributed by atoms with E-state index < -0.39 is 11.7 Å². The summed E-state index contributed by atoms with van der Waals surface area (Å²) in [6.45, 7) is 1.33. The van der Waals surface area contributed by atoms with Crippen LogP contribution < -0.4 is 10.6 Å². The second-order valence-electron chi connectivity index (χ2n) is 4.32. The van der Waals surface area contributed by atoms with Gasteiger partial charge in [0.05, 0.1) is 5.56 Å². The van der Waals surface area contributed by atoms with E-state index >= 15 is 0 Å². The third-order valence-corrected chi connectivity index (χ3v) is 3.03. The molecule has 1 aromatic rings. The Balaban J connectivity index is 2.20. The van der Waals surface area contributed by atoms with Crippen molar-refractivity contribution >= 4 is 0 Å². The molecule has 0 amide bonds.